The molecule has 3 aromatic rings. The zero-order valence-electron chi connectivity index (χ0n) is 15.6. The van der Waals surface area contributed by atoms with Gasteiger partial charge in [0.2, 0.25) is 5.91 Å². The summed E-state index contributed by atoms with van der Waals surface area (Å²) < 4.78 is 27.2. The molecule has 0 spiro atoms. The predicted molar refractivity (Wildman–Crippen MR) is 110 cm³/mol. The van der Waals surface area contributed by atoms with Crippen molar-refractivity contribution in [2.24, 2.45) is 0 Å². The van der Waals surface area contributed by atoms with Crippen LogP contribution in [0.1, 0.15) is 25.1 Å². The van der Waals surface area contributed by atoms with Crippen molar-refractivity contribution in [2.45, 2.75) is 36.1 Å². The van der Waals surface area contributed by atoms with E-state index in [4.69, 9.17) is 0 Å². The number of benzene rings is 1. The number of aryl methyl sites for hydroxylation is 1. The molecule has 11 heteroatoms. The van der Waals surface area contributed by atoms with Crippen molar-refractivity contribution in [1.29, 1.82) is 0 Å². The molecular formula is C19H15F2N5O2S2. The lowest BCUT2D eigenvalue weighted by molar-refractivity contribution is -0.121. The zero-order valence-corrected chi connectivity index (χ0v) is 17.3. The number of fused-ring (bicyclic) bond motifs is 3. The summed E-state index contributed by atoms with van der Waals surface area (Å²) in [5.41, 5.74) is 1.22. The van der Waals surface area contributed by atoms with Gasteiger partial charge in [0, 0.05) is 23.7 Å². The van der Waals surface area contributed by atoms with Gasteiger partial charge in [0.1, 0.15) is 0 Å². The Kier molecular flexibility index (Phi) is 4.40. The number of thiazole rings is 1. The van der Waals surface area contributed by atoms with Crippen LogP contribution < -0.4 is 10.2 Å². The summed E-state index contributed by atoms with van der Waals surface area (Å²) in [7, 11) is 0. The Morgan fingerprint density at radius 2 is 2.13 bits per heavy atom. The van der Waals surface area contributed by atoms with E-state index in [0.717, 1.165) is 26.5 Å². The molecule has 1 fully saturated rings. The minimum Gasteiger partial charge on any atom is -0.299 e. The summed E-state index contributed by atoms with van der Waals surface area (Å²) in [4.78, 5) is 36.0. The smallest absolute Gasteiger partial charge is 0.299 e. The Morgan fingerprint density at radius 1 is 1.33 bits per heavy atom. The lowest BCUT2D eigenvalue weighted by Crippen LogP contribution is -2.49. The summed E-state index contributed by atoms with van der Waals surface area (Å²) in [6, 6.07) is 7.42. The number of nitrogens with zero attached hydrogens (tertiary/aromatic N) is 4. The monoisotopic (exact) mass is 447 g/mol. The Bertz CT molecular complexity index is 1180. The standard InChI is InChI=1S/C19H15F2N5O2S2/c1-10-14(15-22-8-9-25(15)17(20)21)29-18(23-10)24-16(28)19-7-6-13(27)26(19)11-4-2-3-5-12(11)30-19/h2-5,8-9,17H,6-7H2,1H3,(H,23,24,28)/t19-/m1/s1. The maximum atomic E-state index is 13.3. The van der Waals surface area contributed by atoms with Gasteiger partial charge < -0.3 is 0 Å². The molecule has 1 atom stereocenters. The lowest BCUT2D eigenvalue weighted by atomic mass is 10.2. The SMILES string of the molecule is Cc1nc(NC(=O)[C@]23CCC(=O)N2c2ccccc2S3)sc1-c1nccn1C(F)F. The Hall–Kier alpha value is -2.79. The number of carbonyl (C=O) groups excluding carboxylic acids is 2. The van der Waals surface area contributed by atoms with Crippen molar-refractivity contribution >= 4 is 45.7 Å². The molecule has 154 valence electrons. The third-order valence-electron chi connectivity index (χ3n) is 5.13. The molecule has 1 N–H and O–H groups in total. The number of carbonyl (C=O) groups is 2. The second-order valence-electron chi connectivity index (χ2n) is 6.91. The molecule has 0 aliphatic carbocycles. The van der Waals surface area contributed by atoms with Gasteiger partial charge in [-0.3, -0.25) is 24.4 Å². The maximum Gasteiger partial charge on any atom is 0.320 e. The van der Waals surface area contributed by atoms with Crippen LogP contribution in [-0.4, -0.2) is 31.2 Å². The van der Waals surface area contributed by atoms with Gasteiger partial charge in [0.25, 0.3) is 5.91 Å². The van der Waals surface area contributed by atoms with Crippen molar-refractivity contribution in [3.8, 4) is 10.7 Å². The molecule has 30 heavy (non-hydrogen) atoms. The number of alkyl halides is 2. The first-order chi connectivity index (χ1) is 14.4. The van der Waals surface area contributed by atoms with Crippen LogP contribution >= 0.6 is 23.1 Å². The molecule has 2 aromatic heterocycles. The highest BCUT2D eigenvalue weighted by Crippen LogP contribution is 2.56. The second kappa shape index (κ2) is 6.88. The zero-order chi connectivity index (χ0) is 21.0. The van der Waals surface area contributed by atoms with E-state index in [2.05, 4.69) is 15.3 Å². The van der Waals surface area contributed by atoms with Crippen LogP contribution in [0, 0.1) is 6.92 Å². The van der Waals surface area contributed by atoms with Gasteiger partial charge in [-0.25, -0.2) is 9.97 Å². The first-order valence-electron chi connectivity index (χ1n) is 9.12. The normalized spacial score (nSPS) is 20.0. The van der Waals surface area contributed by atoms with Crippen LogP contribution in [0.3, 0.4) is 0 Å². The molecule has 7 nitrogen and oxygen atoms in total. The second-order valence-corrected chi connectivity index (χ2v) is 9.23. The maximum absolute atomic E-state index is 13.3. The lowest BCUT2D eigenvalue weighted by Gasteiger charge is -2.29. The van der Waals surface area contributed by atoms with Crippen LogP contribution in [0.15, 0.2) is 41.6 Å². The van der Waals surface area contributed by atoms with E-state index in [1.54, 1.807) is 11.8 Å². The minimum absolute atomic E-state index is 0.0963. The minimum atomic E-state index is -2.73. The van der Waals surface area contributed by atoms with E-state index >= 15 is 0 Å². The number of hydrogen-bond acceptors (Lipinski definition) is 6. The summed E-state index contributed by atoms with van der Waals surface area (Å²) >= 11 is 2.43. The Balaban J connectivity index is 1.46. The van der Waals surface area contributed by atoms with Crippen LogP contribution in [0.5, 0.6) is 0 Å². The number of thioether (sulfide) groups is 1. The molecule has 1 saturated heterocycles. The Labute approximate surface area is 178 Å². The summed E-state index contributed by atoms with van der Waals surface area (Å²) in [6.45, 7) is -1.05. The number of imidazole rings is 1. The number of anilines is 2. The number of halogens is 2. The molecule has 5 rings (SSSR count). The quantitative estimate of drug-likeness (QED) is 0.646. The fourth-order valence-electron chi connectivity index (χ4n) is 3.80. The molecule has 0 saturated carbocycles. The molecular weight excluding hydrogens is 432 g/mol. The number of aromatic nitrogens is 3. The average molecular weight is 447 g/mol. The van der Waals surface area contributed by atoms with E-state index in [-0.39, 0.29) is 29.2 Å². The van der Waals surface area contributed by atoms with Crippen molar-refractivity contribution < 1.29 is 18.4 Å². The van der Waals surface area contributed by atoms with Crippen LogP contribution in [-0.2, 0) is 9.59 Å². The van der Waals surface area contributed by atoms with E-state index in [9.17, 15) is 18.4 Å². The summed E-state index contributed by atoms with van der Waals surface area (Å²) in [5, 5.41) is 3.08. The fourth-order valence-corrected chi connectivity index (χ4v) is 6.17. The fraction of sp³-hybridized carbons (Fsp3) is 0.263. The molecule has 0 radical (unpaired) electrons. The van der Waals surface area contributed by atoms with Gasteiger partial charge >= 0.3 is 6.55 Å². The van der Waals surface area contributed by atoms with E-state index in [0.29, 0.717) is 17.0 Å². The number of amides is 2. The third-order valence-corrected chi connectivity index (χ3v) is 7.67. The van der Waals surface area contributed by atoms with Gasteiger partial charge in [-0.1, -0.05) is 35.2 Å². The first kappa shape index (κ1) is 19.2. The van der Waals surface area contributed by atoms with E-state index in [1.165, 1.54) is 24.2 Å². The summed E-state index contributed by atoms with van der Waals surface area (Å²) in [5.74, 6) is -0.358. The van der Waals surface area contributed by atoms with Gasteiger partial charge in [0.15, 0.2) is 15.8 Å². The average Bonchev–Trinajstić information content (AvgIpc) is 3.45. The first-order valence-corrected chi connectivity index (χ1v) is 10.8. The number of rotatable bonds is 4. The van der Waals surface area contributed by atoms with Gasteiger partial charge in [-0.05, 0) is 25.5 Å². The van der Waals surface area contributed by atoms with Crippen LogP contribution in [0.2, 0.25) is 0 Å². The third kappa shape index (κ3) is 2.76. The highest BCUT2D eigenvalue weighted by atomic mass is 32.2. The van der Waals surface area contributed by atoms with Crippen molar-refractivity contribution in [3.05, 3.63) is 42.4 Å². The molecule has 1 aromatic carbocycles. The number of hydrogen-bond donors (Lipinski definition) is 1. The van der Waals surface area contributed by atoms with E-state index in [1.807, 2.05) is 24.3 Å². The Morgan fingerprint density at radius 3 is 2.93 bits per heavy atom. The van der Waals surface area contributed by atoms with Crippen molar-refractivity contribution in [1.82, 2.24) is 14.5 Å². The van der Waals surface area contributed by atoms with Crippen molar-refractivity contribution in [2.75, 3.05) is 10.2 Å². The topological polar surface area (TPSA) is 80.1 Å². The molecule has 2 amide bonds. The molecule has 2 aliphatic heterocycles. The summed E-state index contributed by atoms with van der Waals surface area (Å²) in [6.07, 6.45) is 3.16. The predicted octanol–water partition coefficient (Wildman–Crippen LogP) is 4.28. The molecule has 2 aliphatic rings. The molecule has 0 bridgehead atoms. The molecule has 4 heterocycles. The van der Waals surface area contributed by atoms with Gasteiger partial charge in [0.05, 0.1) is 16.3 Å². The van der Waals surface area contributed by atoms with Crippen LogP contribution in [0.25, 0.3) is 10.7 Å². The largest absolute Gasteiger partial charge is 0.320 e. The van der Waals surface area contributed by atoms with Gasteiger partial charge in [-0.15, -0.1) is 0 Å². The highest BCUT2D eigenvalue weighted by Gasteiger charge is 2.57. The van der Waals surface area contributed by atoms with Gasteiger partial charge in [-0.2, -0.15) is 8.78 Å². The highest BCUT2D eigenvalue weighted by molar-refractivity contribution is 8.02. The van der Waals surface area contributed by atoms with Crippen molar-refractivity contribution in [3.63, 3.8) is 0 Å². The number of para-hydroxylation sites is 1. The molecule has 0 unspecified atom stereocenters. The van der Waals surface area contributed by atoms with E-state index < -0.39 is 11.4 Å². The van der Waals surface area contributed by atoms with Crippen LogP contribution in [0.4, 0.5) is 19.6 Å². The number of nitrogens with one attached hydrogen (secondary N) is 1.